The zero-order chi connectivity index (χ0) is 32.5. The van der Waals surface area contributed by atoms with Crippen molar-refractivity contribution >= 4 is 68.0 Å². The lowest BCUT2D eigenvalue weighted by Gasteiger charge is -2.24. The smallest absolute Gasteiger partial charge is 0.462 e. The number of carbonyl (C=O) groups excluding carboxylic acids is 2. The van der Waals surface area contributed by atoms with E-state index in [1.165, 1.54) is 32.3 Å². The molecule has 1 N–H and O–H groups in total. The molecule has 0 heterocycles. The minimum atomic E-state index is -4.40. The summed E-state index contributed by atoms with van der Waals surface area (Å²) in [6, 6.07) is 19.1. The Labute approximate surface area is 273 Å². The Bertz CT molecular complexity index is 1610. The number of halogens is 1. The number of alkyl halides is 1. The number of quaternary nitrogens is 1. The summed E-state index contributed by atoms with van der Waals surface area (Å²) in [4.78, 5) is 35.3. The molecule has 0 spiro atoms. The van der Waals surface area contributed by atoms with E-state index in [4.69, 9.17) is 18.5 Å². The predicted molar refractivity (Wildman–Crippen MR) is 181 cm³/mol. The van der Waals surface area contributed by atoms with Gasteiger partial charge in [-0.1, -0.05) is 76.9 Å². The fourth-order valence-electron chi connectivity index (χ4n) is 5.24. The second-order valence-corrected chi connectivity index (χ2v) is 14.6. The number of hydrogen-bond acceptors (Lipinski definition) is 7. The Balaban J connectivity index is 1.34. The molecular weight excluding hydrogens is 661 g/mol. The number of nitrogens with zero attached hydrogens (tertiary/aromatic N) is 1. The van der Waals surface area contributed by atoms with Crippen LogP contribution < -0.4 is 0 Å². The number of carbonyl (C=O) groups is 2. The Kier molecular flexibility index (Phi) is 12.8. The zero-order valence-corrected chi connectivity index (χ0v) is 28.8. The van der Waals surface area contributed by atoms with E-state index in [0.29, 0.717) is 30.3 Å². The van der Waals surface area contributed by atoms with E-state index in [0.717, 1.165) is 23.7 Å². The summed E-state index contributed by atoms with van der Waals surface area (Å²) in [5.41, 5.74) is 1.15. The number of benzene rings is 4. The van der Waals surface area contributed by atoms with Gasteiger partial charge in [0.15, 0.2) is 6.10 Å². The van der Waals surface area contributed by atoms with Crippen molar-refractivity contribution in [1.82, 2.24) is 0 Å². The first kappa shape index (κ1) is 35.3. The van der Waals surface area contributed by atoms with Crippen LogP contribution in [-0.2, 0) is 39.1 Å². The minimum absolute atomic E-state index is 0.00811. The summed E-state index contributed by atoms with van der Waals surface area (Å²) in [6.07, 6.45) is 3.02. The Morgan fingerprint density at radius 3 is 2.20 bits per heavy atom. The molecule has 0 aromatic heterocycles. The van der Waals surface area contributed by atoms with Gasteiger partial charge in [0.2, 0.25) is 0 Å². The van der Waals surface area contributed by atoms with Gasteiger partial charge in [0, 0.05) is 18.2 Å². The van der Waals surface area contributed by atoms with Crippen LogP contribution in [0.2, 0.25) is 0 Å². The molecule has 2 atom stereocenters. The second-order valence-electron chi connectivity index (χ2n) is 12.3. The summed E-state index contributed by atoms with van der Waals surface area (Å²) in [6.45, 7) is -0.230. The van der Waals surface area contributed by atoms with E-state index in [-0.39, 0.29) is 26.1 Å². The van der Waals surface area contributed by atoms with Crippen LogP contribution >= 0.6 is 23.8 Å². The first-order valence-electron chi connectivity index (χ1n) is 15.4. The monoisotopic (exact) mass is 704 g/mol. The van der Waals surface area contributed by atoms with Crippen LogP contribution in [0.15, 0.2) is 54.6 Å². The van der Waals surface area contributed by atoms with E-state index in [9.17, 15) is 19.0 Å². The molecule has 4 aromatic carbocycles. The van der Waals surface area contributed by atoms with Gasteiger partial charge < -0.3 is 18.9 Å². The van der Waals surface area contributed by atoms with Gasteiger partial charge in [-0.3, -0.25) is 18.6 Å². The lowest BCUT2D eigenvalue weighted by atomic mass is 9.90. The summed E-state index contributed by atoms with van der Waals surface area (Å²) < 4.78 is 34.1. The summed E-state index contributed by atoms with van der Waals surface area (Å²) in [5, 5.41) is 8.09. The van der Waals surface area contributed by atoms with Crippen LogP contribution in [0.1, 0.15) is 44.1 Å². The van der Waals surface area contributed by atoms with Gasteiger partial charge in [-0.15, -0.1) is 0 Å². The predicted octanol–water partition coefficient (Wildman–Crippen LogP) is 7.16. The number of phosphoric ester groups is 1. The number of esters is 2. The molecule has 0 bridgehead atoms. The highest BCUT2D eigenvalue weighted by atomic mass is 79.9. The fourth-order valence-corrected chi connectivity index (χ4v) is 6.38. The highest BCUT2D eigenvalue weighted by Crippen LogP contribution is 2.43. The van der Waals surface area contributed by atoms with Crippen LogP contribution in [0.5, 0.6) is 0 Å². The number of aryl methyl sites for hydroxylation is 1. The highest BCUT2D eigenvalue weighted by molar-refractivity contribution is 9.09. The topological polar surface area (TPSA) is 108 Å². The molecule has 0 radical (unpaired) electrons. The van der Waals surface area contributed by atoms with Gasteiger partial charge in [0.05, 0.1) is 27.7 Å². The summed E-state index contributed by atoms with van der Waals surface area (Å²) in [5.74, 6) is -0.931. The average Bonchev–Trinajstić information content (AvgIpc) is 2.99. The number of hydrogen-bond donors (Lipinski definition) is 1. The average molecular weight is 706 g/mol. The van der Waals surface area contributed by atoms with Crippen LogP contribution in [0.3, 0.4) is 0 Å². The van der Waals surface area contributed by atoms with E-state index < -0.39 is 32.5 Å². The maximum absolute atomic E-state index is 12.9. The Morgan fingerprint density at radius 2 is 1.49 bits per heavy atom. The molecule has 0 amide bonds. The lowest BCUT2D eigenvalue weighted by molar-refractivity contribution is -0.870. The standard InChI is InChI=1S/C34H43BrNO8P/c1-36(2,3)21-22-42-45(39,40)43-24-29(23-41-31(37)12-5-4-6-20-35)44-32(38)13-8-9-25-14-15-28-17-16-26-10-7-11-27-18-19-30(25)34(28)33(26)27/h7,10-11,14-19,29H,4-6,8-9,12-13,20-24H2,1-3H3/p+1/t29-/m1/s1. The minimum Gasteiger partial charge on any atom is -0.462 e. The number of phosphoric acid groups is 1. The quantitative estimate of drug-likeness (QED) is 0.0274. The molecule has 0 saturated carbocycles. The van der Waals surface area contributed by atoms with E-state index >= 15 is 0 Å². The first-order valence-corrected chi connectivity index (χ1v) is 18.1. The molecule has 0 aliphatic heterocycles. The van der Waals surface area contributed by atoms with Gasteiger partial charge in [-0.2, -0.15) is 0 Å². The van der Waals surface area contributed by atoms with Crippen molar-refractivity contribution in [3.8, 4) is 0 Å². The van der Waals surface area contributed by atoms with Crippen LogP contribution in [0, 0.1) is 0 Å². The SMILES string of the molecule is C[N+](C)(C)CCOP(=O)(O)OC[C@@H](COC(=O)CCCCCBr)OC(=O)CCCc1ccc2ccc3cccc4ccc1c2c34. The molecule has 0 aliphatic rings. The summed E-state index contributed by atoms with van der Waals surface area (Å²) in [7, 11) is 1.39. The molecule has 244 valence electrons. The van der Waals surface area contributed by atoms with Crippen LogP contribution in [0.25, 0.3) is 32.3 Å². The third kappa shape index (κ3) is 10.7. The van der Waals surface area contributed by atoms with Crippen LogP contribution in [-0.4, -0.2) is 80.3 Å². The number of rotatable bonds is 19. The van der Waals surface area contributed by atoms with Crippen molar-refractivity contribution < 1.29 is 42.1 Å². The van der Waals surface area contributed by atoms with Gasteiger partial charge >= 0.3 is 19.8 Å². The Morgan fingerprint density at radius 1 is 0.822 bits per heavy atom. The van der Waals surface area contributed by atoms with Gasteiger partial charge in [-0.05, 0) is 63.6 Å². The van der Waals surface area contributed by atoms with Crippen molar-refractivity contribution in [3.05, 3.63) is 60.2 Å². The normalized spacial score (nSPS) is 14.2. The zero-order valence-electron chi connectivity index (χ0n) is 26.3. The molecule has 11 heteroatoms. The third-order valence-corrected chi connectivity index (χ3v) is 9.17. The molecule has 9 nitrogen and oxygen atoms in total. The molecular formula is C34H44BrNO8P+. The van der Waals surface area contributed by atoms with Crippen molar-refractivity contribution in [2.75, 3.05) is 52.8 Å². The molecule has 0 aliphatic carbocycles. The lowest BCUT2D eigenvalue weighted by Crippen LogP contribution is -2.37. The molecule has 4 rings (SSSR count). The highest BCUT2D eigenvalue weighted by Gasteiger charge is 2.27. The van der Waals surface area contributed by atoms with Gasteiger partial charge in [0.25, 0.3) is 0 Å². The number of ether oxygens (including phenoxy) is 2. The second kappa shape index (κ2) is 16.3. The molecule has 45 heavy (non-hydrogen) atoms. The van der Waals surface area contributed by atoms with Crippen LogP contribution in [0.4, 0.5) is 0 Å². The summed E-state index contributed by atoms with van der Waals surface area (Å²) >= 11 is 3.37. The third-order valence-electron chi connectivity index (χ3n) is 7.63. The number of likely N-dealkylation sites (N-methyl/N-ethyl adjacent to an activating group) is 1. The Hall–Kier alpha value is -2.59. The van der Waals surface area contributed by atoms with Crippen molar-refractivity contribution in [2.24, 2.45) is 0 Å². The molecule has 4 aromatic rings. The van der Waals surface area contributed by atoms with E-state index in [2.05, 4.69) is 70.5 Å². The van der Waals surface area contributed by atoms with Gasteiger partial charge in [0.1, 0.15) is 19.8 Å². The molecule has 0 saturated heterocycles. The first-order chi connectivity index (χ1) is 21.5. The van der Waals surface area contributed by atoms with Gasteiger partial charge in [-0.25, -0.2) is 4.57 Å². The largest absolute Gasteiger partial charge is 0.472 e. The van der Waals surface area contributed by atoms with Crippen molar-refractivity contribution in [3.63, 3.8) is 0 Å². The van der Waals surface area contributed by atoms with Crippen molar-refractivity contribution in [2.45, 2.75) is 51.0 Å². The maximum Gasteiger partial charge on any atom is 0.472 e. The fraction of sp³-hybridized carbons (Fsp3) is 0.471. The van der Waals surface area contributed by atoms with E-state index in [1.54, 1.807) is 0 Å². The number of unbranched alkanes of at least 4 members (excludes halogenated alkanes) is 2. The maximum atomic E-state index is 12.9. The molecule has 1 unspecified atom stereocenters. The van der Waals surface area contributed by atoms with Crippen molar-refractivity contribution in [1.29, 1.82) is 0 Å². The molecule has 0 fully saturated rings. The van der Waals surface area contributed by atoms with E-state index in [1.807, 2.05) is 21.1 Å².